The van der Waals surface area contributed by atoms with Crippen molar-refractivity contribution in [2.45, 2.75) is 33.4 Å². The molecule has 0 aromatic carbocycles. The topological polar surface area (TPSA) is 21.1 Å². The highest BCUT2D eigenvalue weighted by Gasteiger charge is 2.18. The van der Waals surface area contributed by atoms with E-state index in [1.165, 1.54) is 0 Å². The van der Waals surface area contributed by atoms with Crippen molar-refractivity contribution in [3.05, 3.63) is 15.9 Å². The maximum atomic E-state index is 12.5. The zero-order valence-electron chi connectivity index (χ0n) is 10.5. The third-order valence-electron chi connectivity index (χ3n) is 2.62. The van der Waals surface area contributed by atoms with Crippen LogP contribution >= 0.6 is 31.9 Å². The van der Waals surface area contributed by atoms with Gasteiger partial charge in [-0.25, -0.2) is 8.78 Å². The van der Waals surface area contributed by atoms with E-state index in [0.29, 0.717) is 18.4 Å². The van der Waals surface area contributed by atoms with E-state index < -0.39 is 6.43 Å². The third-order valence-corrected chi connectivity index (χ3v) is 4.01. The average molecular weight is 389 g/mol. The first-order valence-electron chi connectivity index (χ1n) is 5.77. The van der Waals surface area contributed by atoms with Gasteiger partial charge in [0.25, 0.3) is 6.43 Å². The van der Waals surface area contributed by atoms with E-state index in [2.05, 4.69) is 37.0 Å². The Bertz CT molecular complexity index is 383. The Kier molecular flexibility index (Phi) is 6.73. The Morgan fingerprint density at radius 1 is 1.44 bits per heavy atom. The van der Waals surface area contributed by atoms with Crippen molar-refractivity contribution in [3.63, 3.8) is 0 Å². The van der Waals surface area contributed by atoms with Gasteiger partial charge in [0.2, 0.25) is 0 Å². The van der Waals surface area contributed by atoms with Crippen LogP contribution in [0, 0.1) is 6.92 Å². The molecule has 18 heavy (non-hydrogen) atoms. The lowest BCUT2D eigenvalue weighted by Crippen LogP contribution is -2.31. The smallest absolute Gasteiger partial charge is 0.251 e. The number of aryl methyl sites for hydroxylation is 2. The van der Waals surface area contributed by atoms with Crippen LogP contribution in [-0.2, 0) is 13.1 Å². The minimum atomic E-state index is -2.32. The first-order chi connectivity index (χ1) is 8.49. The first-order valence-corrected chi connectivity index (χ1v) is 7.69. The van der Waals surface area contributed by atoms with E-state index in [1.807, 2.05) is 18.5 Å². The number of nitrogens with zero attached hydrogens (tertiary/aromatic N) is 3. The molecule has 0 saturated heterocycles. The Morgan fingerprint density at radius 2 is 2.11 bits per heavy atom. The molecule has 0 N–H and O–H groups in total. The van der Waals surface area contributed by atoms with Crippen LogP contribution in [-0.4, -0.2) is 39.5 Å². The van der Waals surface area contributed by atoms with Gasteiger partial charge in [-0.15, -0.1) is 0 Å². The summed E-state index contributed by atoms with van der Waals surface area (Å²) in [7, 11) is 0. The van der Waals surface area contributed by atoms with Crippen molar-refractivity contribution < 1.29 is 8.78 Å². The number of hydrogen-bond donors (Lipinski definition) is 0. The minimum absolute atomic E-state index is 0.216. The summed E-state index contributed by atoms with van der Waals surface area (Å²) in [5, 5.41) is 5.04. The highest BCUT2D eigenvalue weighted by atomic mass is 79.9. The quantitative estimate of drug-likeness (QED) is 0.667. The van der Waals surface area contributed by atoms with Gasteiger partial charge in [-0.05, 0) is 29.8 Å². The summed E-state index contributed by atoms with van der Waals surface area (Å²) in [6, 6.07) is 0. The van der Waals surface area contributed by atoms with Crippen LogP contribution in [0.4, 0.5) is 8.78 Å². The Labute approximate surface area is 123 Å². The van der Waals surface area contributed by atoms with Crippen LogP contribution < -0.4 is 0 Å². The van der Waals surface area contributed by atoms with Crippen molar-refractivity contribution in [3.8, 4) is 0 Å². The summed E-state index contributed by atoms with van der Waals surface area (Å²) >= 11 is 6.77. The van der Waals surface area contributed by atoms with E-state index in [9.17, 15) is 8.78 Å². The fourth-order valence-electron chi connectivity index (χ4n) is 1.78. The van der Waals surface area contributed by atoms with Crippen molar-refractivity contribution in [1.29, 1.82) is 0 Å². The molecule has 0 spiro atoms. The Hall–Kier alpha value is -0.0100. The van der Waals surface area contributed by atoms with E-state index in [-0.39, 0.29) is 6.54 Å². The summed E-state index contributed by atoms with van der Waals surface area (Å²) in [4.78, 5) is 1.73. The van der Waals surface area contributed by atoms with Crippen molar-refractivity contribution in [1.82, 2.24) is 14.7 Å². The molecule has 1 heterocycles. The third kappa shape index (κ3) is 4.28. The summed E-state index contributed by atoms with van der Waals surface area (Å²) in [6.45, 7) is 5.48. The summed E-state index contributed by atoms with van der Waals surface area (Å²) in [5.41, 5.74) is 1.85. The maximum absolute atomic E-state index is 12.5. The molecule has 0 aliphatic rings. The monoisotopic (exact) mass is 387 g/mol. The van der Waals surface area contributed by atoms with Crippen molar-refractivity contribution in [2.24, 2.45) is 0 Å². The SMILES string of the molecule is CCn1nc(C)c(Br)c1CN(CCBr)CC(F)F. The highest BCUT2D eigenvalue weighted by molar-refractivity contribution is 9.10. The zero-order valence-corrected chi connectivity index (χ0v) is 13.6. The van der Waals surface area contributed by atoms with E-state index >= 15 is 0 Å². The molecule has 0 aliphatic carbocycles. The molecule has 1 aromatic rings. The lowest BCUT2D eigenvalue weighted by Gasteiger charge is -2.21. The summed E-state index contributed by atoms with van der Waals surface area (Å²) in [5.74, 6) is 0. The molecule has 104 valence electrons. The fourth-order valence-corrected chi connectivity index (χ4v) is 2.69. The predicted molar refractivity (Wildman–Crippen MR) is 75.4 cm³/mol. The first kappa shape index (κ1) is 16.0. The minimum Gasteiger partial charge on any atom is -0.291 e. The lowest BCUT2D eigenvalue weighted by atomic mass is 10.3. The van der Waals surface area contributed by atoms with Gasteiger partial charge in [0.1, 0.15) is 0 Å². The lowest BCUT2D eigenvalue weighted by molar-refractivity contribution is 0.0867. The number of alkyl halides is 3. The van der Waals surface area contributed by atoms with E-state index in [4.69, 9.17) is 0 Å². The van der Waals surface area contributed by atoms with Gasteiger partial charge < -0.3 is 0 Å². The van der Waals surface area contributed by atoms with Crippen LogP contribution in [0.25, 0.3) is 0 Å². The number of rotatable bonds is 7. The number of halogens is 4. The fraction of sp³-hybridized carbons (Fsp3) is 0.727. The van der Waals surface area contributed by atoms with Gasteiger partial charge in [-0.2, -0.15) is 5.10 Å². The predicted octanol–water partition coefficient (Wildman–Crippen LogP) is 3.44. The standard InChI is InChI=1S/C11H17Br2F2N3/c1-3-18-9(11(13)8(2)16-18)6-17(5-4-12)7-10(14)15/h10H,3-7H2,1-2H3. The largest absolute Gasteiger partial charge is 0.291 e. The van der Waals surface area contributed by atoms with Gasteiger partial charge in [-0.3, -0.25) is 9.58 Å². The van der Waals surface area contributed by atoms with Crippen LogP contribution in [0.3, 0.4) is 0 Å². The molecule has 1 rings (SSSR count). The average Bonchev–Trinajstić information content (AvgIpc) is 2.56. The maximum Gasteiger partial charge on any atom is 0.251 e. The second-order valence-corrected chi connectivity index (χ2v) is 5.56. The van der Waals surface area contributed by atoms with Crippen LogP contribution in [0.5, 0.6) is 0 Å². The Morgan fingerprint density at radius 3 is 2.61 bits per heavy atom. The van der Waals surface area contributed by atoms with E-state index in [0.717, 1.165) is 22.4 Å². The number of hydrogen-bond acceptors (Lipinski definition) is 2. The molecule has 0 unspecified atom stereocenters. The highest BCUT2D eigenvalue weighted by Crippen LogP contribution is 2.22. The van der Waals surface area contributed by atoms with E-state index in [1.54, 1.807) is 4.90 Å². The van der Waals surface area contributed by atoms with Crippen LogP contribution in [0.15, 0.2) is 4.47 Å². The molecular weight excluding hydrogens is 372 g/mol. The molecule has 0 aliphatic heterocycles. The molecule has 0 bridgehead atoms. The molecular formula is C11H17Br2F2N3. The molecule has 0 atom stereocenters. The second-order valence-electron chi connectivity index (χ2n) is 3.98. The summed E-state index contributed by atoms with van der Waals surface area (Å²) in [6.07, 6.45) is -2.32. The molecule has 1 aromatic heterocycles. The number of aromatic nitrogens is 2. The second kappa shape index (κ2) is 7.55. The molecule has 0 saturated carbocycles. The summed E-state index contributed by atoms with van der Waals surface area (Å²) < 4.78 is 27.8. The zero-order chi connectivity index (χ0) is 13.7. The van der Waals surface area contributed by atoms with Crippen molar-refractivity contribution in [2.75, 3.05) is 18.4 Å². The molecule has 0 fully saturated rings. The molecule has 7 heteroatoms. The molecule has 3 nitrogen and oxygen atoms in total. The molecule has 0 amide bonds. The van der Waals surface area contributed by atoms with Gasteiger partial charge in [0.15, 0.2) is 0 Å². The normalized spacial score (nSPS) is 11.8. The van der Waals surface area contributed by atoms with Crippen LogP contribution in [0.1, 0.15) is 18.3 Å². The molecule has 0 radical (unpaired) electrons. The van der Waals surface area contributed by atoms with Crippen LogP contribution in [0.2, 0.25) is 0 Å². The van der Waals surface area contributed by atoms with Gasteiger partial charge in [-0.1, -0.05) is 15.9 Å². The van der Waals surface area contributed by atoms with Gasteiger partial charge in [0.05, 0.1) is 22.4 Å². The van der Waals surface area contributed by atoms with Gasteiger partial charge in [0, 0.05) is 25.0 Å². The van der Waals surface area contributed by atoms with Crippen molar-refractivity contribution >= 4 is 31.9 Å². The van der Waals surface area contributed by atoms with Gasteiger partial charge >= 0.3 is 0 Å². The Balaban J connectivity index is 2.85.